The molecule has 2 aliphatic rings. The van der Waals surface area contributed by atoms with E-state index >= 15 is 0 Å². The SMILES string of the molecule is O=C(C1(Br)CC=CC=C1c1ccccc1)C1(Br)CC=CC=C1c1ccccc1. The number of allylic oxidation sites excluding steroid dienone is 8. The normalized spacial score (nSPS) is 26.5. The molecule has 0 heterocycles. The lowest BCUT2D eigenvalue weighted by Crippen LogP contribution is -2.48. The number of hydrogen-bond acceptors (Lipinski definition) is 1. The summed E-state index contributed by atoms with van der Waals surface area (Å²) in [6.07, 6.45) is 13.5. The molecular weight excluding hydrogens is 476 g/mol. The first-order valence-corrected chi connectivity index (χ1v) is 10.9. The Balaban J connectivity index is 1.79. The van der Waals surface area contributed by atoms with Crippen molar-refractivity contribution in [3.63, 3.8) is 0 Å². The van der Waals surface area contributed by atoms with Gasteiger partial charge in [-0.2, -0.15) is 0 Å². The van der Waals surface area contributed by atoms with Crippen LogP contribution in [-0.4, -0.2) is 14.4 Å². The molecule has 0 N–H and O–H groups in total. The molecule has 140 valence electrons. The smallest absolute Gasteiger partial charge is 0.175 e. The zero-order valence-corrected chi connectivity index (χ0v) is 18.5. The summed E-state index contributed by atoms with van der Waals surface area (Å²) in [5.41, 5.74) is 4.12. The first-order valence-electron chi connectivity index (χ1n) is 9.34. The van der Waals surface area contributed by atoms with E-state index < -0.39 is 8.65 Å². The average molecular weight is 496 g/mol. The van der Waals surface area contributed by atoms with E-state index in [2.05, 4.69) is 68.3 Å². The number of benzene rings is 2. The number of carbonyl (C=O) groups excluding carboxylic acids is 1. The molecule has 0 aromatic heterocycles. The molecule has 3 heteroatoms. The second-order valence-electron chi connectivity index (χ2n) is 7.09. The number of alkyl halides is 2. The van der Waals surface area contributed by atoms with Gasteiger partial charge in [0.05, 0.1) is 0 Å². The highest BCUT2D eigenvalue weighted by Gasteiger charge is 2.51. The molecule has 0 spiro atoms. The second kappa shape index (κ2) is 7.81. The van der Waals surface area contributed by atoms with E-state index in [1.807, 2.05) is 60.7 Å². The third-order valence-electron chi connectivity index (χ3n) is 5.34. The Kier molecular flexibility index (Phi) is 5.39. The maximum atomic E-state index is 14.1. The summed E-state index contributed by atoms with van der Waals surface area (Å²) >= 11 is 7.77. The number of halogens is 2. The molecule has 2 aromatic rings. The molecule has 2 aromatic carbocycles. The molecule has 0 saturated heterocycles. The van der Waals surface area contributed by atoms with Gasteiger partial charge in [-0.05, 0) is 35.1 Å². The van der Waals surface area contributed by atoms with Gasteiger partial charge in [0, 0.05) is 0 Å². The van der Waals surface area contributed by atoms with Gasteiger partial charge < -0.3 is 0 Å². The Morgan fingerprint density at radius 3 is 1.46 bits per heavy atom. The van der Waals surface area contributed by atoms with Gasteiger partial charge in [0.2, 0.25) is 0 Å². The highest BCUT2D eigenvalue weighted by atomic mass is 79.9. The van der Waals surface area contributed by atoms with Crippen molar-refractivity contribution in [3.8, 4) is 0 Å². The zero-order valence-electron chi connectivity index (χ0n) is 15.3. The Bertz CT molecular complexity index is 920. The summed E-state index contributed by atoms with van der Waals surface area (Å²) in [4.78, 5) is 14.1. The molecule has 2 aliphatic carbocycles. The third-order valence-corrected chi connectivity index (χ3v) is 7.56. The molecule has 0 amide bonds. The molecule has 0 radical (unpaired) electrons. The van der Waals surface area contributed by atoms with E-state index in [-0.39, 0.29) is 5.78 Å². The Hall–Kier alpha value is -1.97. The van der Waals surface area contributed by atoms with Crippen molar-refractivity contribution in [3.05, 3.63) is 108 Å². The van der Waals surface area contributed by atoms with E-state index in [9.17, 15) is 4.79 Å². The Labute approximate surface area is 182 Å². The van der Waals surface area contributed by atoms with Crippen LogP contribution in [0.1, 0.15) is 24.0 Å². The summed E-state index contributed by atoms with van der Waals surface area (Å²) in [6.45, 7) is 0. The number of carbonyl (C=O) groups is 1. The van der Waals surface area contributed by atoms with E-state index in [1.165, 1.54) is 0 Å². The van der Waals surface area contributed by atoms with Crippen molar-refractivity contribution in [2.24, 2.45) is 0 Å². The summed E-state index contributed by atoms with van der Waals surface area (Å²) < 4.78 is -1.57. The van der Waals surface area contributed by atoms with Crippen LogP contribution in [0.4, 0.5) is 0 Å². The van der Waals surface area contributed by atoms with Crippen LogP contribution in [0.15, 0.2) is 97.1 Å². The maximum absolute atomic E-state index is 14.1. The summed E-state index contributed by atoms with van der Waals surface area (Å²) in [6, 6.07) is 20.3. The molecule has 0 fully saturated rings. The molecule has 0 bridgehead atoms. The fourth-order valence-electron chi connectivity index (χ4n) is 3.90. The van der Waals surface area contributed by atoms with E-state index in [0.29, 0.717) is 12.8 Å². The molecule has 0 aliphatic heterocycles. The number of Topliss-reactive ketones (excluding diaryl/α,β-unsaturated/α-hetero) is 1. The molecule has 4 rings (SSSR count). The lowest BCUT2D eigenvalue weighted by molar-refractivity contribution is -0.120. The van der Waals surface area contributed by atoms with Crippen LogP contribution >= 0.6 is 31.9 Å². The van der Waals surface area contributed by atoms with E-state index in [4.69, 9.17) is 0 Å². The molecule has 0 saturated carbocycles. The van der Waals surface area contributed by atoms with Gasteiger partial charge >= 0.3 is 0 Å². The predicted octanol–water partition coefficient (Wildman–Crippen LogP) is 6.91. The lowest BCUT2D eigenvalue weighted by atomic mass is 9.74. The van der Waals surface area contributed by atoms with Crippen LogP contribution in [-0.2, 0) is 4.79 Å². The van der Waals surface area contributed by atoms with Crippen LogP contribution in [0.5, 0.6) is 0 Å². The highest BCUT2D eigenvalue weighted by molar-refractivity contribution is 9.11. The van der Waals surface area contributed by atoms with Crippen LogP contribution in [0.3, 0.4) is 0 Å². The van der Waals surface area contributed by atoms with Crippen molar-refractivity contribution in [2.75, 3.05) is 0 Å². The minimum absolute atomic E-state index is 0.124. The quantitative estimate of drug-likeness (QED) is 0.421. The van der Waals surface area contributed by atoms with Crippen molar-refractivity contribution in [1.29, 1.82) is 0 Å². The zero-order chi connectivity index (χ0) is 19.6. The summed E-state index contributed by atoms with van der Waals surface area (Å²) in [5.74, 6) is 0.124. The van der Waals surface area contributed by atoms with Crippen LogP contribution < -0.4 is 0 Å². The standard InChI is InChI=1S/C25H20Br2O/c26-24(17-9-7-15-21(24)19-11-3-1-4-12-19)23(28)25(27)18-10-8-16-22(25)20-13-5-2-6-14-20/h1-16H,17-18H2. The van der Waals surface area contributed by atoms with Crippen LogP contribution in [0, 0.1) is 0 Å². The maximum Gasteiger partial charge on any atom is 0.175 e. The predicted molar refractivity (Wildman–Crippen MR) is 125 cm³/mol. The van der Waals surface area contributed by atoms with Crippen molar-refractivity contribution in [1.82, 2.24) is 0 Å². The molecular formula is C25H20Br2O. The third kappa shape index (κ3) is 3.31. The molecule has 1 nitrogen and oxygen atoms in total. The number of rotatable bonds is 4. The minimum atomic E-state index is -0.786. The molecule has 2 atom stereocenters. The van der Waals surface area contributed by atoms with Crippen molar-refractivity contribution in [2.45, 2.75) is 21.5 Å². The monoisotopic (exact) mass is 494 g/mol. The van der Waals surface area contributed by atoms with Crippen LogP contribution in [0.2, 0.25) is 0 Å². The Morgan fingerprint density at radius 1 is 0.679 bits per heavy atom. The van der Waals surface area contributed by atoms with Crippen molar-refractivity contribution < 1.29 is 4.79 Å². The fourth-order valence-corrected chi connectivity index (χ4v) is 5.94. The van der Waals surface area contributed by atoms with E-state index in [0.717, 1.165) is 22.3 Å². The van der Waals surface area contributed by atoms with Gasteiger partial charge in [0.15, 0.2) is 5.78 Å². The molecule has 2 unspecified atom stereocenters. The lowest BCUT2D eigenvalue weighted by Gasteiger charge is -2.39. The van der Waals surface area contributed by atoms with Gasteiger partial charge in [-0.3, -0.25) is 4.79 Å². The average Bonchev–Trinajstić information content (AvgIpc) is 2.75. The largest absolute Gasteiger partial charge is 0.296 e. The number of hydrogen-bond donors (Lipinski definition) is 0. The molecule has 28 heavy (non-hydrogen) atoms. The van der Waals surface area contributed by atoms with Gasteiger partial charge in [-0.15, -0.1) is 0 Å². The Morgan fingerprint density at radius 2 is 1.07 bits per heavy atom. The van der Waals surface area contributed by atoms with Gasteiger partial charge in [0.1, 0.15) is 8.65 Å². The first kappa shape index (κ1) is 19.4. The minimum Gasteiger partial charge on any atom is -0.296 e. The van der Waals surface area contributed by atoms with E-state index in [1.54, 1.807) is 0 Å². The van der Waals surface area contributed by atoms with Gasteiger partial charge in [-0.25, -0.2) is 0 Å². The topological polar surface area (TPSA) is 17.1 Å². The highest BCUT2D eigenvalue weighted by Crippen LogP contribution is 2.51. The second-order valence-corrected chi connectivity index (χ2v) is 9.80. The fraction of sp³-hybridized carbons (Fsp3) is 0.160. The van der Waals surface area contributed by atoms with Gasteiger partial charge in [-0.1, -0.05) is 129 Å². The first-order chi connectivity index (χ1) is 13.6. The number of ketones is 1. The van der Waals surface area contributed by atoms with Crippen LogP contribution in [0.25, 0.3) is 11.1 Å². The summed E-state index contributed by atoms with van der Waals surface area (Å²) in [7, 11) is 0. The van der Waals surface area contributed by atoms with Gasteiger partial charge in [0.25, 0.3) is 0 Å². The van der Waals surface area contributed by atoms with Crippen molar-refractivity contribution >= 4 is 48.8 Å². The summed E-state index contributed by atoms with van der Waals surface area (Å²) in [5, 5.41) is 0.